The lowest BCUT2D eigenvalue weighted by molar-refractivity contribution is -0.222. The summed E-state index contributed by atoms with van der Waals surface area (Å²) in [5.41, 5.74) is 9.79. The van der Waals surface area contributed by atoms with E-state index in [1.165, 1.54) is 11.1 Å². The van der Waals surface area contributed by atoms with Crippen molar-refractivity contribution < 1.29 is 4.84 Å². The third-order valence-corrected chi connectivity index (χ3v) is 2.96. The fourth-order valence-corrected chi connectivity index (χ4v) is 1.77. The van der Waals surface area contributed by atoms with Crippen LogP contribution in [0.25, 0.3) is 0 Å². The lowest BCUT2D eigenvalue weighted by atomic mass is 10.0. The highest BCUT2D eigenvalue weighted by molar-refractivity contribution is 5.30. The Kier molecular flexibility index (Phi) is 3.15. The Morgan fingerprint density at radius 3 is 2.69 bits per heavy atom. The number of hydroxylamine groups is 2. The second-order valence-corrected chi connectivity index (χ2v) is 4.20. The molecule has 1 aliphatic rings. The first-order valence-electron chi connectivity index (χ1n) is 5.58. The summed E-state index contributed by atoms with van der Waals surface area (Å²) >= 11 is 0. The Labute approximate surface area is 96.5 Å². The molecule has 0 atom stereocenters. The van der Waals surface area contributed by atoms with Crippen LogP contribution in [0, 0.1) is 6.92 Å². The van der Waals surface area contributed by atoms with Crippen molar-refractivity contribution in [3.8, 4) is 0 Å². The lowest BCUT2D eigenvalue weighted by Gasteiger charge is -2.33. The topological polar surface area (TPSA) is 38.5 Å². The Bertz CT molecular complexity index is 408. The van der Waals surface area contributed by atoms with E-state index in [4.69, 9.17) is 10.6 Å². The van der Waals surface area contributed by atoms with Gasteiger partial charge in [-0.05, 0) is 37.0 Å². The van der Waals surface area contributed by atoms with Crippen molar-refractivity contribution in [3.05, 3.63) is 46.8 Å². The number of rotatable bonds is 3. The number of nitrogens with zero attached hydrogens (tertiary/aromatic N) is 1. The molecule has 0 amide bonds. The molecule has 1 aromatic carbocycles. The maximum Gasteiger partial charge on any atom is 0.123 e. The molecule has 3 nitrogen and oxygen atoms in total. The van der Waals surface area contributed by atoms with Gasteiger partial charge in [-0.25, -0.2) is 5.06 Å². The number of nitrogens with two attached hydrogens (primary N) is 1. The van der Waals surface area contributed by atoms with Crippen molar-refractivity contribution in [1.82, 2.24) is 5.06 Å². The third kappa shape index (κ3) is 2.19. The number of hydrogen-bond acceptors (Lipinski definition) is 3. The summed E-state index contributed by atoms with van der Waals surface area (Å²) in [7, 11) is 0. The van der Waals surface area contributed by atoms with Crippen LogP contribution in [-0.4, -0.2) is 18.2 Å². The van der Waals surface area contributed by atoms with Gasteiger partial charge in [0.15, 0.2) is 0 Å². The van der Waals surface area contributed by atoms with Crippen LogP contribution in [0.15, 0.2) is 35.7 Å². The van der Waals surface area contributed by atoms with Crippen LogP contribution in [0.2, 0.25) is 0 Å². The largest absolute Gasteiger partial charge is 0.384 e. The van der Waals surface area contributed by atoms with Crippen LogP contribution in [0.4, 0.5) is 0 Å². The number of aryl methyl sites for hydroxylation is 1. The van der Waals surface area contributed by atoms with Crippen molar-refractivity contribution in [2.45, 2.75) is 20.3 Å². The summed E-state index contributed by atoms with van der Waals surface area (Å²) < 4.78 is 0. The molecule has 16 heavy (non-hydrogen) atoms. The van der Waals surface area contributed by atoms with E-state index in [0.29, 0.717) is 0 Å². The van der Waals surface area contributed by atoms with Gasteiger partial charge in [-0.2, -0.15) is 0 Å². The molecule has 0 aliphatic carbocycles. The molecular weight excluding hydrogens is 200 g/mol. The minimum atomic E-state index is 0.759. The summed E-state index contributed by atoms with van der Waals surface area (Å²) in [4.78, 5) is 5.23. The van der Waals surface area contributed by atoms with Gasteiger partial charge in [0.25, 0.3) is 0 Å². The lowest BCUT2D eigenvalue weighted by Crippen LogP contribution is -2.42. The molecule has 1 fully saturated rings. The number of hydrogen-bond donors (Lipinski definition) is 1. The van der Waals surface area contributed by atoms with E-state index in [-0.39, 0.29) is 0 Å². The van der Waals surface area contributed by atoms with Crippen LogP contribution in [0.5, 0.6) is 0 Å². The smallest absolute Gasteiger partial charge is 0.123 e. The summed E-state index contributed by atoms with van der Waals surface area (Å²) in [6.45, 7) is 5.86. The van der Waals surface area contributed by atoms with Crippen molar-refractivity contribution in [1.29, 1.82) is 0 Å². The van der Waals surface area contributed by atoms with Gasteiger partial charge in [-0.15, -0.1) is 0 Å². The number of allylic oxidation sites excluding steroid dienone is 1. The van der Waals surface area contributed by atoms with E-state index >= 15 is 0 Å². The first kappa shape index (κ1) is 11.0. The Balaban J connectivity index is 2.12. The first-order valence-corrected chi connectivity index (χ1v) is 5.58. The van der Waals surface area contributed by atoms with Crippen LogP contribution in [0.3, 0.4) is 0 Å². The molecule has 0 spiro atoms. The van der Waals surface area contributed by atoms with Gasteiger partial charge in [0.1, 0.15) is 5.82 Å². The highest BCUT2D eigenvalue weighted by atomic mass is 16.7. The van der Waals surface area contributed by atoms with Gasteiger partial charge in [0.2, 0.25) is 0 Å². The van der Waals surface area contributed by atoms with Gasteiger partial charge < -0.3 is 5.73 Å². The zero-order valence-corrected chi connectivity index (χ0v) is 9.86. The molecule has 0 bridgehead atoms. The van der Waals surface area contributed by atoms with Crippen LogP contribution in [-0.2, 0) is 11.3 Å². The van der Waals surface area contributed by atoms with Crippen molar-refractivity contribution in [2.75, 3.05) is 13.2 Å². The molecule has 1 aliphatic heterocycles. The highest BCUT2D eigenvalue weighted by Gasteiger charge is 2.18. The molecule has 2 rings (SSSR count). The predicted octanol–water partition coefficient (Wildman–Crippen LogP) is 1.97. The molecule has 0 aromatic heterocycles. The van der Waals surface area contributed by atoms with Crippen molar-refractivity contribution in [2.24, 2.45) is 5.73 Å². The standard InChI is InChI=1S/C13H18N2O/c1-10-5-3-4-6-12(10)9-11(2)13(14)15-7-8-16-15/h3-6H,7-9,14H2,1-2H3/b13-11+. The average molecular weight is 218 g/mol. The fourth-order valence-electron chi connectivity index (χ4n) is 1.77. The van der Waals surface area contributed by atoms with Gasteiger partial charge >= 0.3 is 0 Å². The second-order valence-electron chi connectivity index (χ2n) is 4.20. The van der Waals surface area contributed by atoms with E-state index < -0.39 is 0 Å². The molecule has 0 radical (unpaired) electrons. The second kappa shape index (κ2) is 4.58. The Morgan fingerprint density at radius 1 is 1.44 bits per heavy atom. The minimum Gasteiger partial charge on any atom is -0.384 e. The third-order valence-electron chi connectivity index (χ3n) is 2.96. The monoisotopic (exact) mass is 218 g/mol. The van der Waals surface area contributed by atoms with Gasteiger partial charge in [0, 0.05) is 0 Å². The molecule has 0 saturated carbocycles. The van der Waals surface area contributed by atoms with E-state index in [2.05, 4.69) is 38.1 Å². The SMILES string of the molecule is C/C(Cc1ccccc1C)=C(/N)N1CCO1. The van der Waals surface area contributed by atoms with E-state index in [1.54, 1.807) is 5.06 Å². The summed E-state index contributed by atoms with van der Waals surface area (Å²) in [5.74, 6) is 0.759. The minimum absolute atomic E-state index is 0.759. The molecule has 3 heteroatoms. The van der Waals surface area contributed by atoms with E-state index in [9.17, 15) is 0 Å². The molecule has 0 unspecified atom stereocenters. The predicted molar refractivity (Wildman–Crippen MR) is 64.4 cm³/mol. The molecule has 1 saturated heterocycles. The van der Waals surface area contributed by atoms with Crippen molar-refractivity contribution in [3.63, 3.8) is 0 Å². The zero-order valence-electron chi connectivity index (χ0n) is 9.86. The maximum atomic E-state index is 6.00. The van der Waals surface area contributed by atoms with Crippen molar-refractivity contribution >= 4 is 0 Å². The Hall–Kier alpha value is -1.48. The number of benzene rings is 1. The van der Waals surface area contributed by atoms with Gasteiger partial charge in [0.05, 0.1) is 13.2 Å². The molecule has 1 aromatic rings. The maximum absolute atomic E-state index is 6.00. The van der Waals surface area contributed by atoms with Gasteiger partial charge in [-0.1, -0.05) is 24.3 Å². The summed E-state index contributed by atoms with van der Waals surface area (Å²) in [6, 6.07) is 8.38. The summed E-state index contributed by atoms with van der Waals surface area (Å²) in [5, 5.41) is 1.76. The molecule has 1 heterocycles. The van der Waals surface area contributed by atoms with E-state index in [1.807, 2.05) is 0 Å². The van der Waals surface area contributed by atoms with Crippen LogP contribution < -0.4 is 5.73 Å². The van der Waals surface area contributed by atoms with Crippen LogP contribution in [0.1, 0.15) is 18.1 Å². The quantitative estimate of drug-likeness (QED) is 0.843. The molecule has 86 valence electrons. The average Bonchev–Trinajstić information content (AvgIpc) is 2.18. The van der Waals surface area contributed by atoms with Crippen LogP contribution >= 0.6 is 0 Å². The first-order chi connectivity index (χ1) is 7.68. The van der Waals surface area contributed by atoms with Gasteiger partial charge in [-0.3, -0.25) is 4.84 Å². The molecule has 2 N–H and O–H groups in total. The van der Waals surface area contributed by atoms with E-state index in [0.717, 1.165) is 31.0 Å². The molecular formula is C13H18N2O. The normalized spacial score (nSPS) is 16.8. The Morgan fingerprint density at radius 2 is 2.12 bits per heavy atom. The zero-order chi connectivity index (χ0) is 11.5. The highest BCUT2D eigenvalue weighted by Crippen LogP contribution is 2.17. The fraction of sp³-hybridized carbons (Fsp3) is 0.385. The summed E-state index contributed by atoms with van der Waals surface area (Å²) in [6.07, 6.45) is 0.887.